The lowest BCUT2D eigenvalue weighted by Gasteiger charge is -2.12. The van der Waals surface area contributed by atoms with Crippen LogP contribution >= 0.6 is 15.9 Å². The molecule has 0 saturated heterocycles. The highest BCUT2D eigenvalue weighted by Gasteiger charge is 2.30. The number of nitrogens with one attached hydrogen (secondary N) is 1. The number of anilines is 1. The molecule has 1 N–H and O–H groups in total. The van der Waals surface area contributed by atoms with Crippen LogP contribution in [-0.2, 0) is 11.2 Å². The Labute approximate surface area is 127 Å². The smallest absolute Gasteiger partial charge is 0.232 e. The number of benzene rings is 2. The average Bonchev–Trinajstić information content (AvgIpc) is 2.70. The molecule has 0 fully saturated rings. The van der Waals surface area contributed by atoms with E-state index in [9.17, 15) is 4.79 Å². The normalized spacial score (nSPS) is 16.9. The zero-order valence-electron chi connectivity index (χ0n) is 11.5. The SMILES string of the molecule is Cc1ccc(C)c(C[C@@H]2C(=O)Nc3ccc(Br)cc32)c1. The molecule has 1 amide bonds. The Morgan fingerprint density at radius 1 is 1.15 bits per heavy atom. The van der Waals surface area contributed by atoms with E-state index >= 15 is 0 Å². The van der Waals surface area contributed by atoms with E-state index in [2.05, 4.69) is 53.3 Å². The lowest BCUT2D eigenvalue weighted by molar-refractivity contribution is -0.117. The van der Waals surface area contributed by atoms with E-state index in [1.807, 2.05) is 18.2 Å². The van der Waals surface area contributed by atoms with Gasteiger partial charge in [-0.05, 0) is 55.2 Å². The molecule has 0 saturated carbocycles. The zero-order valence-corrected chi connectivity index (χ0v) is 13.1. The Hall–Kier alpha value is -1.61. The second-order valence-corrected chi connectivity index (χ2v) is 6.32. The van der Waals surface area contributed by atoms with E-state index in [0.717, 1.165) is 22.1 Å². The highest BCUT2D eigenvalue weighted by molar-refractivity contribution is 9.10. The first-order valence-electron chi connectivity index (χ1n) is 6.71. The van der Waals surface area contributed by atoms with Crippen LogP contribution in [0.3, 0.4) is 0 Å². The highest BCUT2D eigenvalue weighted by Crippen LogP contribution is 2.37. The van der Waals surface area contributed by atoms with E-state index < -0.39 is 0 Å². The third-order valence-corrected chi connectivity index (χ3v) is 4.39. The summed E-state index contributed by atoms with van der Waals surface area (Å²) >= 11 is 3.48. The van der Waals surface area contributed by atoms with Gasteiger partial charge < -0.3 is 5.32 Å². The summed E-state index contributed by atoms with van der Waals surface area (Å²) in [6.07, 6.45) is 0.753. The van der Waals surface area contributed by atoms with Crippen LogP contribution in [0.25, 0.3) is 0 Å². The second kappa shape index (κ2) is 5.06. The summed E-state index contributed by atoms with van der Waals surface area (Å²) in [7, 11) is 0. The van der Waals surface area contributed by atoms with E-state index in [-0.39, 0.29) is 11.8 Å². The lowest BCUT2D eigenvalue weighted by Crippen LogP contribution is -2.14. The standard InChI is InChI=1S/C17H16BrNO/c1-10-3-4-11(2)12(7-10)8-15-14-9-13(18)5-6-16(14)19-17(15)20/h3-7,9,15H,8H2,1-2H3,(H,19,20)/t15-/m0/s1. The van der Waals surface area contributed by atoms with Crippen molar-refractivity contribution >= 4 is 27.5 Å². The number of hydrogen-bond acceptors (Lipinski definition) is 1. The maximum atomic E-state index is 12.2. The quantitative estimate of drug-likeness (QED) is 0.872. The minimum absolute atomic E-state index is 0.0944. The molecule has 0 bridgehead atoms. The topological polar surface area (TPSA) is 29.1 Å². The molecule has 2 aromatic carbocycles. The monoisotopic (exact) mass is 329 g/mol. The molecule has 0 spiro atoms. The van der Waals surface area contributed by atoms with Crippen molar-refractivity contribution < 1.29 is 4.79 Å². The van der Waals surface area contributed by atoms with Gasteiger partial charge in [-0.3, -0.25) is 4.79 Å². The van der Waals surface area contributed by atoms with Gasteiger partial charge in [0.15, 0.2) is 0 Å². The number of hydrogen-bond donors (Lipinski definition) is 1. The van der Waals surface area contributed by atoms with E-state index in [1.54, 1.807) is 0 Å². The number of fused-ring (bicyclic) bond motifs is 1. The summed E-state index contributed by atoms with van der Waals surface area (Å²) in [5.74, 6) is 0.00186. The van der Waals surface area contributed by atoms with Gasteiger partial charge in [-0.1, -0.05) is 39.7 Å². The number of carbonyl (C=O) groups excluding carboxylic acids is 1. The average molecular weight is 330 g/mol. The first-order chi connectivity index (χ1) is 9.54. The molecule has 0 unspecified atom stereocenters. The Balaban J connectivity index is 1.97. The molecule has 0 aromatic heterocycles. The number of halogens is 1. The number of amides is 1. The molecule has 1 aliphatic heterocycles. The van der Waals surface area contributed by atoms with Crippen molar-refractivity contribution in [2.45, 2.75) is 26.2 Å². The van der Waals surface area contributed by atoms with Gasteiger partial charge in [0.25, 0.3) is 0 Å². The van der Waals surface area contributed by atoms with Crippen LogP contribution in [0.4, 0.5) is 5.69 Å². The summed E-state index contributed by atoms with van der Waals surface area (Å²) in [6.45, 7) is 4.19. The molecule has 3 heteroatoms. The van der Waals surface area contributed by atoms with Crippen molar-refractivity contribution in [1.29, 1.82) is 0 Å². The molecule has 2 aromatic rings. The number of carbonyl (C=O) groups is 1. The summed E-state index contributed by atoms with van der Waals surface area (Å²) in [5.41, 5.74) is 5.75. The van der Waals surface area contributed by atoms with Crippen molar-refractivity contribution in [3.63, 3.8) is 0 Å². The fourth-order valence-electron chi connectivity index (χ4n) is 2.74. The number of aryl methyl sites for hydroxylation is 2. The van der Waals surface area contributed by atoms with Gasteiger partial charge >= 0.3 is 0 Å². The maximum Gasteiger partial charge on any atom is 0.232 e. The fourth-order valence-corrected chi connectivity index (χ4v) is 3.12. The largest absolute Gasteiger partial charge is 0.325 e. The molecule has 1 heterocycles. The minimum Gasteiger partial charge on any atom is -0.325 e. The van der Waals surface area contributed by atoms with Crippen LogP contribution < -0.4 is 5.32 Å². The van der Waals surface area contributed by atoms with Gasteiger partial charge in [0.1, 0.15) is 0 Å². The van der Waals surface area contributed by atoms with Gasteiger partial charge in [-0.2, -0.15) is 0 Å². The second-order valence-electron chi connectivity index (χ2n) is 5.41. The molecule has 0 aliphatic carbocycles. The molecular weight excluding hydrogens is 314 g/mol. The van der Waals surface area contributed by atoms with Crippen LogP contribution in [0, 0.1) is 13.8 Å². The van der Waals surface area contributed by atoms with Crippen molar-refractivity contribution in [2.24, 2.45) is 0 Å². The molecule has 20 heavy (non-hydrogen) atoms. The highest BCUT2D eigenvalue weighted by atomic mass is 79.9. The predicted molar refractivity (Wildman–Crippen MR) is 85.1 cm³/mol. The summed E-state index contributed by atoms with van der Waals surface area (Å²) < 4.78 is 1.01. The first kappa shape index (κ1) is 13.4. The molecule has 3 rings (SSSR count). The molecular formula is C17H16BrNO. The van der Waals surface area contributed by atoms with E-state index in [0.29, 0.717) is 0 Å². The minimum atomic E-state index is -0.0944. The van der Waals surface area contributed by atoms with Crippen LogP contribution in [0.2, 0.25) is 0 Å². The van der Waals surface area contributed by atoms with Gasteiger partial charge in [0, 0.05) is 10.2 Å². The van der Waals surface area contributed by atoms with Gasteiger partial charge in [-0.25, -0.2) is 0 Å². The molecule has 2 nitrogen and oxygen atoms in total. The van der Waals surface area contributed by atoms with Crippen LogP contribution in [0.5, 0.6) is 0 Å². The molecule has 102 valence electrons. The number of rotatable bonds is 2. The molecule has 1 aliphatic rings. The van der Waals surface area contributed by atoms with Gasteiger partial charge in [0.2, 0.25) is 5.91 Å². The van der Waals surface area contributed by atoms with E-state index in [1.165, 1.54) is 16.7 Å². The van der Waals surface area contributed by atoms with Crippen LogP contribution in [0.1, 0.15) is 28.2 Å². The third kappa shape index (κ3) is 2.38. The first-order valence-corrected chi connectivity index (χ1v) is 7.50. The molecule has 0 radical (unpaired) electrons. The Morgan fingerprint density at radius 3 is 2.75 bits per heavy atom. The Morgan fingerprint density at radius 2 is 1.95 bits per heavy atom. The summed E-state index contributed by atoms with van der Waals surface area (Å²) in [4.78, 5) is 12.2. The lowest BCUT2D eigenvalue weighted by atomic mass is 9.90. The maximum absolute atomic E-state index is 12.2. The Bertz CT molecular complexity index is 693. The Kier molecular flexibility index (Phi) is 3.38. The van der Waals surface area contributed by atoms with E-state index in [4.69, 9.17) is 0 Å². The van der Waals surface area contributed by atoms with Gasteiger partial charge in [0.05, 0.1) is 5.92 Å². The molecule has 1 atom stereocenters. The zero-order chi connectivity index (χ0) is 14.3. The summed E-state index contributed by atoms with van der Waals surface area (Å²) in [6, 6.07) is 12.4. The van der Waals surface area contributed by atoms with Crippen molar-refractivity contribution in [3.05, 3.63) is 63.1 Å². The third-order valence-electron chi connectivity index (χ3n) is 3.89. The predicted octanol–water partition coefficient (Wildman–Crippen LogP) is 4.34. The van der Waals surface area contributed by atoms with Crippen molar-refractivity contribution in [3.8, 4) is 0 Å². The van der Waals surface area contributed by atoms with Crippen molar-refractivity contribution in [1.82, 2.24) is 0 Å². The van der Waals surface area contributed by atoms with Crippen LogP contribution in [0.15, 0.2) is 40.9 Å². The summed E-state index contributed by atoms with van der Waals surface area (Å²) in [5, 5.41) is 2.97. The van der Waals surface area contributed by atoms with Gasteiger partial charge in [-0.15, -0.1) is 0 Å². The van der Waals surface area contributed by atoms with Crippen molar-refractivity contribution in [2.75, 3.05) is 5.32 Å². The van der Waals surface area contributed by atoms with Crippen LogP contribution in [-0.4, -0.2) is 5.91 Å². The fraction of sp³-hybridized carbons (Fsp3) is 0.235.